The molecule has 0 aromatic carbocycles. The molecule has 18 heavy (non-hydrogen) atoms. The lowest BCUT2D eigenvalue weighted by Gasteiger charge is -2.34. The lowest BCUT2D eigenvalue weighted by atomic mass is 10.0. The monoisotopic (exact) mass is 256 g/mol. The zero-order valence-electron chi connectivity index (χ0n) is 11.7. The van der Waals surface area contributed by atoms with Crippen LogP contribution in [-0.4, -0.2) is 42.6 Å². The van der Waals surface area contributed by atoms with Crippen LogP contribution in [0.5, 0.6) is 0 Å². The minimum Gasteiger partial charge on any atom is -0.467 e. The third-order valence-corrected chi connectivity index (χ3v) is 3.46. The summed E-state index contributed by atoms with van der Waals surface area (Å²) in [5.41, 5.74) is 0. The number of methoxy groups -OCH3 is 1. The van der Waals surface area contributed by atoms with E-state index in [0.29, 0.717) is 0 Å². The zero-order valence-corrected chi connectivity index (χ0v) is 11.7. The first-order chi connectivity index (χ1) is 8.47. The van der Waals surface area contributed by atoms with Gasteiger partial charge < -0.3 is 15.0 Å². The molecule has 1 heterocycles. The van der Waals surface area contributed by atoms with Crippen molar-refractivity contribution in [3.05, 3.63) is 0 Å². The molecule has 1 rings (SSSR count). The lowest BCUT2D eigenvalue weighted by Crippen LogP contribution is -2.53. The highest BCUT2D eigenvalue weighted by Gasteiger charge is 2.29. The number of piperidine rings is 1. The molecule has 0 radical (unpaired) electrons. The third-order valence-electron chi connectivity index (χ3n) is 3.46. The lowest BCUT2D eigenvalue weighted by molar-refractivity contribution is -0.144. The molecule has 104 valence electrons. The highest BCUT2D eigenvalue weighted by Crippen LogP contribution is 2.16. The molecule has 0 unspecified atom stereocenters. The smallest absolute Gasteiger partial charge is 0.328 e. The van der Waals surface area contributed by atoms with Crippen molar-refractivity contribution in [1.82, 2.24) is 10.2 Å². The number of carbonyl (C=O) groups excluding carboxylic acids is 2. The summed E-state index contributed by atoms with van der Waals surface area (Å²) in [5, 5.41) is 2.78. The molecule has 0 saturated carbocycles. The number of nitrogens with one attached hydrogen (secondary N) is 1. The fourth-order valence-corrected chi connectivity index (χ4v) is 2.24. The highest BCUT2D eigenvalue weighted by atomic mass is 16.5. The highest BCUT2D eigenvalue weighted by molar-refractivity contribution is 5.83. The maximum Gasteiger partial charge on any atom is 0.328 e. The Hall–Kier alpha value is -1.26. The fourth-order valence-electron chi connectivity index (χ4n) is 2.24. The average Bonchev–Trinajstić information content (AvgIpc) is 2.35. The number of esters is 1. The Morgan fingerprint density at radius 2 is 2.00 bits per heavy atom. The van der Waals surface area contributed by atoms with Gasteiger partial charge in [0.25, 0.3) is 0 Å². The van der Waals surface area contributed by atoms with Crippen molar-refractivity contribution in [2.45, 2.75) is 52.1 Å². The first-order valence-corrected chi connectivity index (χ1v) is 6.62. The number of likely N-dealkylation sites (tertiary alicyclic amines) is 1. The fraction of sp³-hybridized carbons (Fsp3) is 0.846. The largest absolute Gasteiger partial charge is 0.467 e. The van der Waals surface area contributed by atoms with Crippen molar-refractivity contribution in [3.63, 3.8) is 0 Å². The van der Waals surface area contributed by atoms with Crippen molar-refractivity contribution < 1.29 is 14.3 Å². The zero-order chi connectivity index (χ0) is 13.7. The van der Waals surface area contributed by atoms with E-state index in [2.05, 4.69) is 5.32 Å². The summed E-state index contributed by atoms with van der Waals surface area (Å²) in [6.07, 6.45) is 3.22. The van der Waals surface area contributed by atoms with Crippen LogP contribution in [0.1, 0.15) is 40.0 Å². The van der Waals surface area contributed by atoms with Gasteiger partial charge >= 0.3 is 12.0 Å². The van der Waals surface area contributed by atoms with Gasteiger partial charge in [-0.1, -0.05) is 13.8 Å². The first kappa shape index (κ1) is 14.8. The first-order valence-electron chi connectivity index (χ1n) is 6.62. The van der Waals surface area contributed by atoms with Crippen LogP contribution in [0.2, 0.25) is 0 Å². The maximum atomic E-state index is 12.2. The van der Waals surface area contributed by atoms with E-state index in [1.54, 1.807) is 0 Å². The molecule has 2 amide bonds. The Morgan fingerprint density at radius 1 is 1.33 bits per heavy atom. The van der Waals surface area contributed by atoms with Crippen LogP contribution < -0.4 is 5.32 Å². The molecule has 1 N–H and O–H groups in total. The number of amides is 2. The second-order valence-electron chi connectivity index (χ2n) is 5.23. The van der Waals surface area contributed by atoms with Gasteiger partial charge in [-0.15, -0.1) is 0 Å². The van der Waals surface area contributed by atoms with Gasteiger partial charge in [0.1, 0.15) is 6.04 Å². The molecule has 1 aliphatic heterocycles. The van der Waals surface area contributed by atoms with Crippen LogP contribution in [0.15, 0.2) is 0 Å². The second kappa shape index (κ2) is 6.61. The van der Waals surface area contributed by atoms with Crippen LogP contribution >= 0.6 is 0 Å². The van der Waals surface area contributed by atoms with E-state index in [1.165, 1.54) is 7.11 Å². The van der Waals surface area contributed by atoms with Gasteiger partial charge in [-0.2, -0.15) is 0 Å². The molecule has 0 bridgehead atoms. The molecule has 1 saturated heterocycles. The molecule has 2 atom stereocenters. The van der Waals surface area contributed by atoms with Gasteiger partial charge in [0.2, 0.25) is 0 Å². The van der Waals surface area contributed by atoms with Crippen molar-refractivity contribution in [3.8, 4) is 0 Å². The van der Waals surface area contributed by atoms with Gasteiger partial charge in [-0.25, -0.2) is 9.59 Å². The number of hydrogen-bond donors (Lipinski definition) is 1. The number of hydrogen-bond acceptors (Lipinski definition) is 3. The predicted molar refractivity (Wildman–Crippen MR) is 69.2 cm³/mol. The van der Waals surface area contributed by atoms with E-state index in [-0.39, 0.29) is 24.0 Å². The number of rotatable bonds is 3. The Balaban J connectivity index is 2.63. The molecule has 0 aromatic rings. The molecular formula is C13H24N2O3. The quantitative estimate of drug-likeness (QED) is 0.783. The average molecular weight is 256 g/mol. The van der Waals surface area contributed by atoms with Gasteiger partial charge in [0, 0.05) is 12.6 Å². The Kier molecular flexibility index (Phi) is 5.44. The number of ether oxygens (including phenoxy) is 1. The summed E-state index contributed by atoms with van der Waals surface area (Å²) in [4.78, 5) is 25.6. The van der Waals surface area contributed by atoms with E-state index >= 15 is 0 Å². The maximum absolute atomic E-state index is 12.2. The minimum absolute atomic E-state index is 0.0153. The molecular weight excluding hydrogens is 232 g/mol. The Morgan fingerprint density at radius 3 is 2.50 bits per heavy atom. The number of urea groups is 1. The van der Waals surface area contributed by atoms with Gasteiger partial charge in [-0.3, -0.25) is 0 Å². The van der Waals surface area contributed by atoms with E-state index in [1.807, 2.05) is 25.7 Å². The molecule has 0 aliphatic carbocycles. The summed E-state index contributed by atoms with van der Waals surface area (Å²) in [5.74, 6) is -0.371. The Bertz CT molecular complexity index is 305. The van der Waals surface area contributed by atoms with E-state index in [9.17, 15) is 9.59 Å². The van der Waals surface area contributed by atoms with Gasteiger partial charge in [0.05, 0.1) is 7.11 Å². The topological polar surface area (TPSA) is 58.6 Å². The standard InChI is InChI=1S/C13H24N2O3/c1-9(2)11(12(16)18-4)14-13(17)15-8-6-5-7-10(15)3/h9-11H,5-8H2,1-4H3,(H,14,17)/t10-,11-/m0/s1. The summed E-state index contributed by atoms with van der Waals surface area (Å²) >= 11 is 0. The summed E-state index contributed by atoms with van der Waals surface area (Å²) in [6, 6.07) is -0.493. The van der Waals surface area contributed by atoms with Crippen LogP contribution in [-0.2, 0) is 9.53 Å². The second-order valence-corrected chi connectivity index (χ2v) is 5.23. The predicted octanol–water partition coefficient (Wildman–Crippen LogP) is 1.77. The minimum atomic E-state index is -0.573. The van der Waals surface area contributed by atoms with Crippen LogP contribution in [0.4, 0.5) is 4.79 Å². The van der Waals surface area contributed by atoms with Crippen molar-refractivity contribution in [1.29, 1.82) is 0 Å². The molecule has 5 heteroatoms. The molecule has 0 spiro atoms. The van der Waals surface area contributed by atoms with Gasteiger partial charge in [0.15, 0.2) is 0 Å². The normalized spacial score (nSPS) is 21.6. The number of carbonyl (C=O) groups is 2. The van der Waals surface area contributed by atoms with Crippen molar-refractivity contribution in [2.75, 3.05) is 13.7 Å². The third kappa shape index (κ3) is 3.62. The SMILES string of the molecule is COC(=O)[C@@H](NC(=O)N1CCCC[C@@H]1C)C(C)C. The van der Waals surface area contributed by atoms with Crippen LogP contribution in [0.25, 0.3) is 0 Å². The summed E-state index contributed by atoms with van der Waals surface area (Å²) in [6.45, 7) is 6.59. The Labute approximate surface area is 109 Å². The molecule has 1 fully saturated rings. The molecule has 5 nitrogen and oxygen atoms in total. The summed E-state index contributed by atoms with van der Waals surface area (Å²) in [7, 11) is 1.34. The van der Waals surface area contributed by atoms with E-state index < -0.39 is 6.04 Å². The van der Waals surface area contributed by atoms with Gasteiger partial charge in [-0.05, 0) is 32.1 Å². The van der Waals surface area contributed by atoms with E-state index in [0.717, 1.165) is 25.8 Å². The van der Waals surface area contributed by atoms with Crippen LogP contribution in [0, 0.1) is 5.92 Å². The summed E-state index contributed by atoms with van der Waals surface area (Å²) < 4.78 is 4.72. The van der Waals surface area contributed by atoms with E-state index in [4.69, 9.17) is 4.74 Å². The van der Waals surface area contributed by atoms with Crippen molar-refractivity contribution in [2.24, 2.45) is 5.92 Å². The molecule has 1 aliphatic rings. The molecule has 0 aromatic heterocycles. The number of nitrogens with zero attached hydrogens (tertiary/aromatic N) is 1. The van der Waals surface area contributed by atoms with Crippen molar-refractivity contribution >= 4 is 12.0 Å². The van der Waals surface area contributed by atoms with Crippen LogP contribution in [0.3, 0.4) is 0 Å².